The largest absolute Gasteiger partial charge is 0.447 e. The molecular weight excluding hydrogens is 364 g/mol. The molecular formula is C18H20N6O2S. The standard InChI is InChI=1S/C18H20N6O2S/c25-12-21-16-11-27-18(24(16)10-17-20-7-8-26-17)5-6-19-9-15-22-13-3-1-2-4-14(13)23-15/h1-4,7-8,11-12,18-19H,5-6,9-10H2,(H,21,25)(H,22,23). The van der Waals surface area contributed by atoms with E-state index in [0.717, 1.165) is 35.6 Å². The first-order valence-electron chi connectivity index (χ1n) is 8.68. The molecule has 4 rings (SSSR count). The summed E-state index contributed by atoms with van der Waals surface area (Å²) in [6.45, 7) is 2.01. The summed E-state index contributed by atoms with van der Waals surface area (Å²) in [5, 5.41) is 8.34. The van der Waals surface area contributed by atoms with Gasteiger partial charge in [0.15, 0.2) is 0 Å². The number of para-hydroxylation sites is 2. The van der Waals surface area contributed by atoms with Gasteiger partial charge in [0, 0.05) is 5.41 Å². The van der Waals surface area contributed by atoms with E-state index in [1.165, 1.54) is 0 Å². The van der Waals surface area contributed by atoms with Gasteiger partial charge in [-0.25, -0.2) is 9.97 Å². The molecule has 0 saturated carbocycles. The molecule has 9 heteroatoms. The lowest BCUT2D eigenvalue weighted by Crippen LogP contribution is -2.35. The van der Waals surface area contributed by atoms with E-state index in [4.69, 9.17) is 4.42 Å². The Bertz CT molecular complexity index is 890. The Morgan fingerprint density at radius 3 is 3.11 bits per heavy atom. The molecule has 1 amide bonds. The van der Waals surface area contributed by atoms with Crippen LogP contribution in [-0.4, -0.2) is 38.2 Å². The SMILES string of the molecule is O=CNC1=CSC(CCNCc2nc3ccccc3[nH]2)N1Cc1ncco1. The summed E-state index contributed by atoms with van der Waals surface area (Å²) in [5.41, 5.74) is 2.03. The van der Waals surface area contributed by atoms with Gasteiger partial charge in [0.1, 0.15) is 17.9 Å². The van der Waals surface area contributed by atoms with Crippen LogP contribution in [0.15, 0.2) is 52.4 Å². The van der Waals surface area contributed by atoms with Gasteiger partial charge >= 0.3 is 0 Å². The van der Waals surface area contributed by atoms with Crippen LogP contribution in [0.5, 0.6) is 0 Å². The fourth-order valence-electron chi connectivity index (χ4n) is 3.03. The Labute approximate surface area is 160 Å². The fraction of sp³-hybridized carbons (Fsp3) is 0.278. The quantitative estimate of drug-likeness (QED) is 0.384. The van der Waals surface area contributed by atoms with Crippen molar-refractivity contribution in [3.63, 3.8) is 0 Å². The second-order valence-electron chi connectivity index (χ2n) is 6.08. The minimum absolute atomic E-state index is 0.197. The molecule has 0 radical (unpaired) electrons. The van der Waals surface area contributed by atoms with E-state index in [1.54, 1.807) is 24.2 Å². The number of hydrogen-bond donors (Lipinski definition) is 3. The van der Waals surface area contributed by atoms with Gasteiger partial charge in [-0.15, -0.1) is 11.8 Å². The highest BCUT2D eigenvalue weighted by Crippen LogP contribution is 2.32. The molecule has 1 aliphatic heterocycles. The maximum Gasteiger partial charge on any atom is 0.213 e. The lowest BCUT2D eigenvalue weighted by atomic mass is 10.3. The molecule has 3 N–H and O–H groups in total. The third-order valence-corrected chi connectivity index (χ3v) is 5.45. The predicted molar refractivity (Wildman–Crippen MR) is 103 cm³/mol. The first kappa shape index (κ1) is 17.6. The van der Waals surface area contributed by atoms with Gasteiger partial charge in [0.2, 0.25) is 12.3 Å². The molecule has 1 aromatic carbocycles. The number of rotatable bonds is 9. The van der Waals surface area contributed by atoms with Crippen LogP contribution in [0.2, 0.25) is 0 Å². The lowest BCUT2D eigenvalue weighted by molar-refractivity contribution is -0.109. The van der Waals surface area contributed by atoms with Crippen molar-refractivity contribution in [1.29, 1.82) is 0 Å². The number of aromatic nitrogens is 3. The van der Waals surface area contributed by atoms with Crippen LogP contribution in [0.1, 0.15) is 18.1 Å². The van der Waals surface area contributed by atoms with Crippen molar-refractivity contribution in [3.8, 4) is 0 Å². The van der Waals surface area contributed by atoms with E-state index in [2.05, 4.69) is 30.5 Å². The number of aromatic amines is 1. The Hall–Kier alpha value is -2.78. The number of amides is 1. The molecule has 0 fully saturated rings. The molecule has 27 heavy (non-hydrogen) atoms. The highest BCUT2D eigenvalue weighted by molar-refractivity contribution is 8.02. The number of nitrogens with one attached hydrogen (secondary N) is 3. The van der Waals surface area contributed by atoms with Crippen LogP contribution in [-0.2, 0) is 17.9 Å². The number of thioether (sulfide) groups is 1. The molecule has 0 bridgehead atoms. The first-order valence-corrected chi connectivity index (χ1v) is 9.63. The zero-order valence-corrected chi connectivity index (χ0v) is 15.4. The molecule has 8 nitrogen and oxygen atoms in total. The van der Waals surface area contributed by atoms with Gasteiger partial charge in [-0.3, -0.25) is 4.79 Å². The van der Waals surface area contributed by atoms with E-state index in [1.807, 2.05) is 29.7 Å². The number of imidazole rings is 1. The average Bonchev–Trinajstić information content (AvgIpc) is 3.41. The summed E-state index contributed by atoms with van der Waals surface area (Å²) in [6, 6.07) is 8.00. The van der Waals surface area contributed by atoms with Crippen molar-refractivity contribution in [2.24, 2.45) is 0 Å². The molecule has 1 unspecified atom stereocenters. The van der Waals surface area contributed by atoms with Crippen LogP contribution in [0, 0.1) is 0 Å². The minimum atomic E-state index is 0.197. The topological polar surface area (TPSA) is 99.1 Å². The molecule has 0 saturated heterocycles. The Morgan fingerprint density at radius 1 is 1.37 bits per heavy atom. The number of carbonyl (C=O) groups is 1. The van der Waals surface area contributed by atoms with E-state index >= 15 is 0 Å². The molecule has 140 valence electrons. The van der Waals surface area contributed by atoms with Gasteiger partial charge in [0.25, 0.3) is 0 Å². The second kappa shape index (κ2) is 8.28. The monoisotopic (exact) mass is 384 g/mol. The molecule has 1 atom stereocenters. The number of nitrogens with zero attached hydrogens (tertiary/aromatic N) is 3. The highest BCUT2D eigenvalue weighted by Gasteiger charge is 2.27. The van der Waals surface area contributed by atoms with E-state index in [-0.39, 0.29) is 5.37 Å². The number of oxazole rings is 1. The smallest absolute Gasteiger partial charge is 0.213 e. The van der Waals surface area contributed by atoms with Crippen molar-refractivity contribution in [3.05, 3.63) is 59.7 Å². The summed E-state index contributed by atoms with van der Waals surface area (Å²) in [7, 11) is 0. The van der Waals surface area contributed by atoms with E-state index in [9.17, 15) is 4.79 Å². The average molecular weight is 384 g/mol. The van der Waals surface area contributed by atoms with Crippen molar-refractivity contribution in [2.45, 2.75) is 24.9 Å². The van der Waals surface area contributed by atoms with Crippen LogP contribution < -0.4 is 10.6 Å². The van der Waals surface area contributed by atoms with Crippen LogP contribution in [0.25, 0.3) is 11.0 Å². The lowest BCUT2D eigenvalue weighted by Gasteiger charge is -2.27. The molecule has 0 spiro atoms. The van der Waals surface area contributed by atoms with E-state index < -0.39 is 0 Å². The van der Waals surface area contributed by atoms with Crippen molar-refractivity contribution in [1.82, 2.24) is 30.5 Å². The van der Waals surface area contributed by atoms with Crippen molar-refractivity contribution in [2.75, 3.05) is 6.54 Å². The van der Waals surface area contributed by atoms with Crippen LogP contribution >= 0.6 is 11.8 Å². The van der Waals surface area contributed by atoms with Gasteiger partial charge in [-0.2, -0.15) is 0 Å². The molecule has 2 aromatic heterocycles. The first-order chi connectivity index (χ1) is 13.3. The number of carbonyl (C=O) groups excluding carboxylic acids is 1. The van der Waals surface area contributed by atoms with Gasteiger partial charge in [-0.05, 0) is 25.1 Å². The summed E-state index contributed by atoms with van der Waals surface area (Å²) < 4.78 is 5.35. The molecule has 0 aliphatic carbocycles. The Morgan fingerprint density at radius 2 is 2.30 bits per heavy atom. The Kier molecular flexibility index (Phi) is 5.40. The highest BCUT2D eigenvalue weighted by atomic mass is 32.2. The molecule has 1 aliphatic rings. The van der Waals surface area contributed by atoms with Gasteiger partial charge in [-0.1, -0.05) is 12.1 Å². The van der Waals surface area contributed by atoms with Crippen LogP contribution in [0.3, 0.4) is 0 Å². The number of benzene rings is 1. The fourth-order valence-corrected chi connectivity index (χ4v) is 4.10. The number of H-pyrrole nitrogens is 1. The zero-order valence-electron chi connectivity index (χ0n) is 14.6. The summed E-state index contributed by atoms with van der Waals surface area (Å²) in [4.78, 5) is 25.0. The van der Waals surface area contributed by atoms with Crippen molar-refractivity contribution < 1.29 is 9.21 Å². The summed E-state index contributed by atoms with van der Waals surface area (Å²) in [5.74, 6) is 2.32. The normalized spacial score (nSPS) is 16.7. The number of hydrogen-bond acceptors (Lipinski definition) is 7. The third-order valence-electron chi connectivity index (χ3n) is 4.29. The van der Waals surface area contributed by atoms with Crippen LogP contribution in [0.4, 0.5) is 0 Å². The zero-order chi connectivity index (χ0) is 18.5. The van der Waals surface area contributed by atoms with Gasteiger partial charge in [0.05, 0.1) is 35.7 Å². The third kappa shape index (κ3) is 4.15. The molecule has 3 heterocycles. The maximum absolute atomic E-state index is 10.9. The second-order valence-corrected chi connectivity index (χ2v) is 7.13. The molecule has 3 aromatic rings. The minimum Gasteiger partial charge on any atom is -0.447 e. The van der Waals surface area contributed by atoms with Crippen molar-refractivity contribution >= 4 is 29.2 Å². The van der Waals surface area contributed by atoms with Gasteiger partial charge < -0.3 is 24.9 Å². The summed E-state index contributed by atoms with van der Waals surface area (Å²) in [6.07, 6.45) is 4.77. The maximum atomic E-state index is 10.9. The van der Waals surface area contributed by atoms with E-state index in [0.29, 0.717) is 25.4 Å². The Balaban J connectivity index is 1.30. The predicted octanol–water partition coefficient (Wildman–Crippen LogP) is 2.15. The number of fused-ring (bicyclic) bond motifs is 1. The summed E-state index contributed by atoms with van der Waals surface area (Å²) >= 11 is 1.68.